The Labute approximate surface area is 178 Å². The Kier molecular flexibility index (Phi) is 4.83. The van der Waals surface area contributed by atoms with Gasteiger partial charge in [-0.3, -0.25) is 4.98 Å². The molecular weight excluding hydrogens is 428 g/mol. The smallest absolute Gasteiger partial charge is 0.314 e. The number of pyridine rings is 1. The van der Waals surface area contributed by atoms with E-state index in [-0.39, 0.29) is 12.4 Å². The molecule has 0 N–H and O–H groups in total. The van der Waals surface area contributed by atoms with E-state index in [1.807, 2.05) is 30.3 Å². The Morgan fingerprint density at radius 3 is 2.71 bits per heavy atom. The van der Waals surface area contributed by atoms with Crippen LogP contribution in [-0.4, -0.2) is 35.4 Å². The molecule has 0 aliphatic carbocycles. The summed E-state index contributed by atoms with van der Waals surface area (Å²) in [7, 11) is 0. The van der Waals surface area contributed by atoms with E-state index in [1.165, 1.54) is 4.80 Å². The average molecular weight is 440 g/mol. The van der Waals surface area contributed by atoms with Gasteiger partial charge in [0.05, 0.1) is 6.54 Å². The van der Waals surface area contributed by atoms with Crippen LogP contribution in [0.3, 0.4) is 0 Å². The zero-order valence-electron chi connectivity index (χ0n) is 15.7. The second-order valence-corrected chi connectivity index (χ2v) is 6.98. The molecule has 0 atom stereocenters. The fraction of sp³-hybridized carbons (Fsp3) is 0.100. The minimum atomic E-state index is -2.83. The monoisotopic (exact) mass is 439 g/mol. The average Bonchev–Trinajstić information content (AvgIpc) is 3.45. The summed E-state index contributed by atoms with van der Waals surface area (Å²) < 4.78 is 30.2. The third-order valence-electron chi connectivity index (χ3n) is 4.58. The SMILES string of the molecule is FC(F)c1nnc(-c2ccc(Cn3nnc(-c4nccc5ccccc45)n3)c(Cl)c2)o1. The van der Waals surface area contributed by atoms with Gasteiger partial charge in [0.1, 0.15) is 5.69 Å². The summed E-state index contributed by atoms with van der Waals surface area (Å²) in [5.74, 6) is -0.376. The minimum absolute atomic E-state index is 0.0352. The normalized spacial score (nSPS) is 11.5. The van der Waals surface area contributed by atoms with Crippen LogP contribution in [0.5, 0.6) is 0 Å². The molecule has 3 heterocycles. The lowest BCUT2D eigenvalue weighted by Gasteiger charge is -2.04. The van der Waals surface area contributed by atoms with E-state index in [2.05, 4.69) is 30.6 Å². The van der Waals surface area contributed by atoms with E-state index < -0.39 is 12.3 Å². The molecule has 0 amide bonds. The summed E-state index contributed by atoms with van der Waals surface area (Å²) in [5, 5.41) is 21.9. The molecule has 154 valence electrons. The number of tetrazole rings is 1. The quantitative estimate of drug-likeness (QED) is 0.395. The molecule has 0 saturated carbocycles. The van der Waals surface area contributed by atoms with Crippen molar-refractivity contribution in [1.82, 2.24) is 35.4 Å². The highest BCUT2D eigenvalue weighted by Gasteiger charge is 2.18. The highest BCUT2D eigenvalue weighted by molar-refractivity contribution is 6.31. The fourth-order valence-electron chi connectivity index (χ4n) is 3.10. The molecule has 5 aromatic rings. The third-order valence-corrected chi connectivity index (χ3v) is 4.93. The maximum Gasteiger partial charge on any atom is 0.314 e. The van der Waals surface area contributed by atoms with Crippen molar-refractivity contribution in [3.05, 3.63) is 71.2 Å². The molecule has 0 radical (unpaired) electrons. The number of alkyl halides is 2. The van der Waals surface area contributed by atoms with Crippen molar-refractivity contribution in [3.8, 4) is 23.0 Å². The van der Waals surface area contributed by atoms with Gasteiger partial charge in [-0.15, -0.1) is 20.4 Å². The van der Waals surface area contributed by atoms with Crippen LogP contribution in [0.1, 0.15) is 17.9 Å². The summed E-state index contributed by atoms with van der Waals surface area (Å²) in [6.45, 7) is 0.253. The van der Waals surface area contributed by atoms with Gasteiger partial charge in [0.15, 0.2) is 0 Å². The summed E-state index contributed by atoms with van der Waals surface area (Å²) >= 11 is 6.36. The van der Waals surface area contributed by atoms with Gasteiger partial charge in [0.2, 0.25) is 11.7 Å². The standard InChI is InChI=1S/C20H12ClF2N7O/c21-15-9-12(19-26-27-20(31-19)17(22)23)5-6-13(15)10-30-28-18(25-29-30)16-14-4-2-1-3-11(14)7-8-24-16/h1-9,17H,10H2. The van der Waals surface area contributed by atoms with E-state index in [4.69, 9.17) is 16.0 Å². The molecule has 5 rings (SSSR count). The minimum Gasteiger partial charge on any atom is -0.415 e. The van der Waals surface area contributed by atoms with Crippen LogP contribution in [-0.2, 0) is 6.54 Å². The van der Waals surface area contributed by atoms with Crippen LogP contribution in [0.15, 0.2) is 59.1 Å². The van der Waals surface area contributed by atoms with Crippen molar-refractivity contribution in [1.29, 1.82) is 0 Å². The molecule has 0 bridgehead atoms. The number of nitrogens with zero attached hydrogens (tertiary/aromatic N) is 7. The lowest BCUT2D eigenvalue weighted by Crippen LogP contribution is -2.04. The van der Waals surface area contributed by atoms with Crippen LogP contribution in [0.4, 0.5) is 8.78 Å². The van der Waals surface area contributed by atoms with Gasteiger partial charge in [0, 0.05) is 22.2 Å². The van der Waals surface area contributed by atoms with Gasteiger partial charge in [-0.1, -0.05) is 41.9 Å². The van der Waals surface area contributed by atoms with Crippen molar-refractivity contribution in [3.63, 3.8) is 0 Å². The van der Waals surface area contributed by atoms with E-state index >= 15 is 0 Å². The van der Waals surface area contributed by atoms with Crippen LogP contribution >= 0.6 is 11.6 Å². The molecule has 0 saturated heterocycles. The summed E-state index contributed by atoms with van der Waals surface area (Å²) in [6.07, 6.45) is -1.13. The number of halogens is 3. The Hall–Kier alpha value is -3.79. The number of hydrogen-bond donors (Lipinski definition) is 0. The molecule has 0 spiro atoms. The zero-order valence-corrected chi connectivity index (χ0v) is 16.4. The summed E-state index contributed by atoms with van der Waals surface area (Å²) in [4.78, 5) is 5.80. The van der Waals surface area contributed by atoms with Gasteiger partial charge in [-0.2, -0.15) is 13.6 Å². The number of aromatic nitrogens is 7. The number of benzene rings is 2. The Bertz CT molecular complexity index is 1380. The first kappa shape index (κ1) is 19.2. The van der Waals surface area contributed by atoms with Gasteiger partial charge in [0.25, 0.3) is 5.89 Å². The lowest BCUT2D eigenvalue weighted by molar-refractivity contribution is 0.116. The van der Waals surface area contributed by atoms with Crippen molar-refractivity contribution in [2.75, 3.05) is 0 Å². The van der Waals surface area contributed by atoms with Crippen LogP contribution in [0.2, 0.25) is 5.02 Å². The summed E-state index contributed by atoms with van der Waals surface area (Å²) in [6, 6.07) is 14.6. The van der Waals surface area contributed by atoms with Gasteiger partial charge in [-0.25, -0.2) is 0 Å². The maximum atomic E-state index is 12.6. The lowest BCUT2D eigenvalue weighted by atomic mass is 10.1. The topological polar surface area (TPSA) is 95.4 Å². The zero-order chi connectivity index (χ0) is 21.4. The predicted molar refractivity (Wildman–Crippen MR) is 107 cm³/mol. The second-order valence-electron chi connectivity index (χ2n) is 6.58. The van der Waals surface area contributed by atoms with Crippen LogP contribution in [0.25, 0.3) is 33.7 Å². The van der Waals surface area contributed by atoms with E-state index in [0.717, 1.165) is 10.8 Å². The number of rotatable bonds is 5. The first-order chi connectivity index (χ1) is 15.1. The molecule has 0 unspecified atom stereocenters. The largest absolute Gasteiger partial charge is 0.415 e. The van der Waals surface area contributed by atoms with Gasteiger partial charge < -0.3 is 4.42 Å². The van der Waals surface area contributed by atoms with Crippen molar-refractivity contribution >= 4 is 22.4 Å². The van der Waals surface area contributed by atoms with Crippen LogP contribution < -0.4 is 0 Å². The fourth-order valence-corrected chi connectivity index (χ4v) is 3.34. The van der Waals surface area contributed by atoms with Gasteiger partial charge in [-0.05, 0) is 34.4 Å². The first-order valence-corrected chi connectivity index (χ1v) is 9.48. The Balaban J connectivity index is 1.40. The molecule has 3 aromatic heterocycles. The number of fused-ring (bicyclic) bond motifs is 1. The Morgan fingerprint density at radius 2 is 1.90 bits per heavy atom. The maximum absolute atomic E-state index is 12.6. The summed E-state index contributed by atoms with van der Waals surface area (Å²) in [5.41, 5.74) is 1.77. The molecule has 0 aliphatic rings. The molecule has 0 aliphatic heterocycles. The molecule has 31 heavy (non-hydrogen) atoms. The molecule has 0 fully saturated rings. The van der Waals surface area contributed by atoms with Crippen molar-refractivity contribution in [2.45, 2.75) is 13.0 Å². The highest BCUT2D eigenvalue weighted by atomic mass is 35.5. The van der Waals surface area contributed by atoms with Gasteiger partial charge >= 0.3 is 6.43 Å². The highest BCUT2D eigenvalue weighted by Crippen LogP contribution is 2.28. The van der Waals surface area contributed by atoms with Crippen molar-refractivity contribution in [2.24, 2.45) is 0 Å². The Morgan fingerprint density at radius 1 is 1.03 bits per heavy atom. The van der Waals surface area contributed by atoms with E-state index in [1.54, 1.807) is 24.4 Å². The van der Waals surface area contributed by atoms with Crippen molar-refractivity contribution < 1.29 is 13.2 Å². The first-order valence-electron chi connectivity index (χ1n) is 9.11. The molecular formula is C20H12ClF2N7O. The second kappa shape index (κ2) is 7.80. The van der Waals surface area contributed by atoms with E-state index in [9.17, 15) is 8.78 Å². The number of hydrogen-bond acceptors (Lipinski definition) is 7. The third kappa shape index (κ3) is 3.73. The molecule has 2 aromatic carbocycles. The van der Waals surface area contributed by atoms with Crippen LogP contribution in [0, 0.1) is 0 Å². The molecule has 11 heteroatoms. The molecule has 8 nitrogen and oxygen atoms in total. The predicted octanol–water partition coefficient (Wildman–Crippen LogP) is 4.58. The van der Waals surface area contributed by atoms with E-state index in [0.29, 0.717) is 27.7 Å².